The number of allylic oxidation sites excluding steroid dienone is 1. The molecule has 0 bridgehead atoms. The minimum absolute atomic E-state index is 0. The zero-order chi connectivity index (χ0) is 24.3. The molecule has 182 valence electrons. The summed E-state index contributed by atoms with van der Waals surface area (Å²) < 4.78 is 60.1. The molecule has 13 heteroatoms. The van der Waals surface area contributed by atoms with Gasteiger partial charge in [0.25, 0.3) is 0 Å². The predicted octanol–water partition coefficient (Wildman–Crippen LogP) is 3.14. The fraction of sp³-hybridized carbons (Fsp3) is 0.600. The van der Waals surface area contributed by atoms with E-state index in [1.54, 1.807) is 19.9 Å². The molecular weight excluding hydrogens is 550 g/mol. The van der Waals surface area contributed by atoms with Crippen molar-refractivity contribution in [3.63, 3.8) is 0 Å². The van der Waals surface area contributed by atoms with Gasteiger partial charge >= 0.3 is 57.6 Å². The zero-order valence-corrected chi connectivity index (χ0v) is 25.4. The van der Waals surface area contributed by atoms with Crippen LogP contribution in [0, 0.1) is 6.92 Å². The van der Waals surface area contributed by atoms with Gasteiger partial charge in [-0.15, -0.1) is 6.10 Å². The molecule has 5 nitrogen and oxygen atoms in total. The maximum atomic E-state index is 12.8. The van der Waals surface area contributed by atoms with E-state index in [4.69, 9.17) is 53.3 Å². The summed E-state index contributed by atoms with van der Waals surface area (Å²) in [7, 11) is 1.46. The van der Waals surface area contributed by atoms with Gasteiger partial charge in [0.15, 0.2) is 12.4 Å². The Kier molecular flexibility index (Phi) is 12.7. The number of benzene rings is 1. The molecule has 1 atom stereocenters. The van der Waals surface area contributed by atoms with Crippen molar-refractivity contribution in [2.45, 2.75) is 57.4 Å². The first-order valence-corrected chi connectivity index (χ1v) is 13.5. The first-order chi connectivity index (χ1) is 14.7. The van der Waals surface area contributed by atoms with Gasteiger partial charge in [-0.05, 0) is 50.1 Å². The molecule has 0 heterocycles. The second-order valence-corrected chi connectivity index (χ2v) is 12.3. The molecule has 1 fully saturated rings. The molecule has 1 aromatic carbocycles. The Morgan fingerprint density at radius 2 is 1.88 bits per heavy atom. The molecule has 0 radical (unpaired) electrons. The van der Waals surface area contributed by atoms with Crippen LogP contribution in [0.3, 0.4) is 0 Å². The van der Waals surface area contributed by atoms with Gasteiger partial charge in [-0.3, -0.25) is 0 Å². The first kappa shape index (κ1) is 32.1. The number of hydrogen-bond donors (Lipinski definition) is 0. The molecule has 1 aliphatic rings. The third-order valence-corrected chi connectivity index (χ3v) is 7.36. The van der Waals surface area contributed by atoms with Crippen molar-refractivity contribution in [1.29, 1.82) is 0 Å². The van der Waals surface area contributed by atoms with Crippen LogP contribution in [-0.4, -0.2) is 38.3 Å². The number of rotatable bonds is 8. The maximum absolute atomic E-state index is 12.8. The van der Waals surface area contributed by atoms with E-state index in [0.29, 0.717) is 47.4 Å². The Morgan fingerprint density at radius 1 is 1.30 bits per heavy atom. The molecule has 0 aliphatic heterocycles. The van der Waals surface area contributed by atoms with E-state index in [0.717, 1.165) is 0 Å². The summed E-state index contributed by atoms with van der Waals surface area (Å²) >= 11 is 17.1. The van der Waals surface area contributed by atoms with Crippen molar-refractivity contribution in [3.8, 4) is 5.75 Å². The van der Waals surface area contributed by atoms with Crippen LogP contribution in [0.2, 0.25) is 5.02 Å². The van der Waals surface area contributed by atoms with Crippen LogP contribution in [0.15, 0.2) is 17.9 Å². The van der Waals surface area contributed by atoms with Crippen molar-refractivity contribution < 1.29 is 87.7 Å². The fourth-order valence-corrected chi connectivity index (χ4v) is 5.66. The molecule has 0 aromatic heterocycles. The second kappa shape index (κ2) is 13.1. The molecule has 0 saturated heterocycles. The first-order valence-electron chi connectivity index (χ1n) is 9.73. The fourth-order valence-electron chi connectivity index (χ4n) is 3.82. The largest absolute Gasteiger partial charge is 1.00 e. The van der Waals surface area contributed by atoms with Crippen molar-refractivity contribution in [3.05, 3.63) is 34.0 Å². The Balaban J connectivity index is 0.00000544. The van der Waals surface area contributed by atoms with Crippen LogP contribution in [-0.2, 0) is 25.6 Å². The molecule has 33 heavy (non-hydrogen) atoms. The third kappa shape index (κ3) is 8.86. The average molecular weight is 575 g/mol. The maximum Gasteiger partial charge on any atom is 1.00 e. The molecule has 0 spiro atoms. The summed E-state index contributed by atoms with van der Waals surface area (Å²) in [6, 6.07) is 3.20. The van der Waals surface area contributed by atoms with Crippen molar-refractivity contribution in [2.75, 3.05) is 20.4 Å². The van der Waals surface area contributed by atoms with Crippen molar-refractivity contribution >= 4 is 47.3 Å². The minimum atomic E-state index is -4.56. The Morgan fingerprint density at radius 3 is 2.36 bits per heavy atom. The normalized spacial score (nSPS) is 23.8. The quantitative estimate of drug-likeness (QED) is 0.270. The summed E-state index contributed by atoms with van der Waals surface area (Å²) in [5.41, 5.74) is 0.650. The molecule has 1 aromatic rings. The smallest absolute Gasteiger partial charge is 0.852 e. The minimum Gasteiger partial charge on any atom is -0.852 e. The van der Waals surface area contributed by atoms with Gasteiger partial charge in [0.05, 0.1) is 0 Å². The Hall–Kier alpha value is 1.10. The number of methoxy groups -OCH3 is 1. The SMILES string of the molecule is COC1(/C(OP(C)(=S)OCC(F)(F)F)=C(\C)c2c(C)cc(Cl)cc2OCl)CCC([O-])CC1.[K+]. The zero-order valence-electron chi connectivity index (χ0n) is 19.1. The van der Waals surface area contributed by atoms with Crippen molar-refractivity contribution in [1.82, 2.24) is 0 Å². The van der Waals surface area contributed by atoms with Crippen LogP contribution in [0.1, 0.15) is 43.7 Å². The van der Waals surface area contributed by atoms with Crippen LogP contribution in [0.25, 0.3) is 5.57 Å². The van der Waals surface area contributed by atoms with Gasteiger partial charge in [0, 0.05) is 36.0 Å². The third-order valence-electron chi connectivity index (χ3n) is 5.33. The second-order valence-electron chi connectivity index (χ2n) is 7.78. The van der Waals surface area contributed by atoms with E-state index in [9.17, 15) is 18.3 Å². The van der Waals surface area contributed by atoms with E-state index in [2.05, 4.69) is 0 Å². The number of hydrogen-bond acceptors (Lipinski definition) is 6. The van der Waals surface area contributed by atoms with E-state index in [1.807, 2.05) is 0 Å². The molecule has 0 N–H and O–H groups in total. The summed E-state index contributed by atoms with van der Waals surface area (Å²) in [5, 5.41) is 12.4. The van der Waals surface area contributed by atoms with Crippen LogP contribution >= 0.6 is 30.0 Å². The van der Waals surface area contributed by atoms with Gasteiger partial charge in [-0.2, -0.15) is 13.2 Å². The topological polar surface area (TPSA) is 60.0 Å². The number of halogens is 5. The van der Waals surface area contributed by atoms with Gasteiger partial charge < -0.3 is 23.2 Å². The Labute approximate surface area is 250 Å². The molecule has 2 rings (SSSR count). The van der Waals surface area contributed by atoms with Crippen LogP contribution < -0.4 is 60.8 Å². The van der Waals surface area contributed by atoms with Crippen molar-refractivity contribution in [2.24, 2.45) is 0 Å². The van der Waals surface area contributed by atoms with E-state index < -0.39 is 31.0 Å². The standard InChI is InChI=1S/C20H25Cl2F3O5PS.K/c1-12-9-14(21)10-16(29-22)17(12)13(2)18(19(27-3)7-5-15(26)6-8-19)30-31(4,32)28-11-20(23,24)25;/h9-10,15H,5-8,11H2,1-4H3;/q-1;+1/b18-13-;. The number of aryl methyl sites for hydroxylation is 1. The summed E-state index contributed by atoms with van der Waals surface area (Å²) in [6.07, 6.45) is -4.09. The molecule has 1 unspecified atom stereocenters. The predicted molar refractivity (Wildman–Crippen MR) is 121 cm³/mol. The molecular formula is C20H25Cl2F3KO5PS. The average Bonchev–Trinajstić information content (AvgIpc) is 2.70. The molecule has 1 saturated carbocycles. The van der Waals surface area contributed by atoms with Gasteiger partial charge in [0.1, 0.15) is 23.2 Å². The van der Waals surface area contributed by atoms with Gasteiger partial charge in [-0.25, -0.2) is 0 Å². The van der Waals surface area contributed by atoms with Crippen LogP contribution in [0.4, 0.5) is 13.2 Å². The van der Waals surface area contributed by atoms with E-state index in [1.165, 1.54) is 19.8 Å². The number of alkyl halides is 3. The monoisotopic (exact) mass is 574 g/mol. The van der Waals surface area contributed by atoms with Gasteiger partial charge in [0.2, 0.25) is 6.49 Å². The number of ether oxygens (including phenoxy) is 1. The van der Waals surface area contributed by atoms with E-state index >= 15 is 0 Å². The van der Waals surface area contributed by atoms with Crippen LogP contribution in [0.5, 0.6) is 5.75 Å². The van der Waals surface area contributed by atoms with E-state index in [-0.39, 0.29) is 62.9 Å². The summed E-state index contributed by atoms with van der Waals surface area (Å²) in [5.74, 6) is 0.444. The summed E-state index contributed by atoms with van der Waals surface area (Å²) in [4.78, 5) is 0. The van der Waals surface area contributed by atoms with Gasteiger partial charge in [-0.1, -0.05) is 24.4 Å². The Bertz CT molecular complexity index is 908. The molecule has 0 amide bonds. The summed E-state index contributed by atoms with van der Waals surface area (Å²) in [6.45, 7) is -0.148. The molecule has 1 aliphatic carbocycles.